The van der Waals surface area contributed by atoms with Crippen molar-refractivity contribution < 1.29 is 9.53 Å². The summed E-state index contributed by atoms with van der Waals surface area (Å²) >= 11 is 0. The number of piperazine rings is 1. The van der Waals surface area contributed by atoms with Crippen molar-refractivity contribution in [2.75, 3.05) is 45.9 Å². The fourth-order valence-electron chi connectivity index (χ4n) is 3.56. The highest BCUT2D eigenvalue weighted by Gasteiger charge is 2.27. The predicted molar refractivity (Wildman–Crippen MR) is 94.7 cm³/mol. The largest absolute Gasteiger partial charge is 0.381 e. The number of hydrogen-bond donors (Lipinski definition) is 1. The number of nitrogens with two attached hydrogens (primary N) is 1. The van der Waals surface area contributed by atoms with Crippen LogP contribution in [0.4, 0.5) is 0 Å². The minimum Gasteiger partial charge on any atom is -0.381 e. The lowest BCUT2D eigenvalue weighted by molar-refractivity contribution is -0.134. The average Bonchev–Trinajstić information content (AvgIpc) is 2.63. The lowest BCUT2D eigenvalue weighted by Crippen LogP contribution is -2.52. The van der Waals surface area contributed by atoms with Crippen LogP contribution in [0.2, 0.25) is 0 Å². The van der Waals surface area contributed by atoms with Crippen LogP contribution < -0.4 is 5.73 Å². The number of rotatable bonds is 4. The molecule has 2 aliphatic rings. The van der Waals surface area contributed by atoms with Crippen LogP contribution in [-0.4, -0.2) is 61.6 Å². The summed E-state index contributed by atoms with van der Waals surface area (Å²) in [5.74, 6) is 0.792. The Kier molecular flexibility index (Phi) is 5.87. The minimum atomic E-state index is -0.548. The molecule has 2 fully saturated rings. The zero-order valence-electron chi connectivity index (χ0n) is 14.6. The molecular weight excluding hydrogens is 302 g/mol. The normalized spacial score (nSPS) is 21.7. The highest BCUT2D eigenvalue weighted by molar-refractivity contribution is 5.83. The lowest BCUT2D eigenvalue weighted by Gasteiger charge is -2.38. The average molecular weight is 331 g/mol. The van der Waals surface area contributed by atoms with Gasteiger partial charge in [-0.1, -0.05) is 29.8 Å². The maximum Gasteiger partial charge on any atom is 0.244 e. The van der Waals surface area contributed by atoms with Gasteiger partial charge in [-0.3, -0.25) is 9.69 Å². The molecule has 2 aliphatic heterocycles. The SMILES string of the molecule is Cc1ccc(C(N)C(=O)N2CCN(CC3CCOCC3)CC2)cc1. The van der Waals surface area contributed by atoms with Crippen molar-refractivity contribution in [3.63, 3.8) is 0 Å². The van der Waals surface area contributed by atoms with Crippen LogP contribution in [-0.2, 0) is 9.53 Å². The van der Waals surface area contributed by atoms with E-state index in [1.54, 1.807) is 0 Å². The van der Waals surface area contributed by atoms with Gasteiger partial charge in [-0.25, -0.2) is 0 Å². The maximum absolute atomic E-state index is 12.6. The summed E-state index contributed by atoms with van der Waals surface area (Å²) in [6.07, 6.45) is 2.33. The Morgan fingerprint density at radius 3 is 2.42 bits per heavy atom. The standard InChI is InChI=1S/C19H29N3O2/c1-15-2-4-17(5-3-15)18(20)19(23)22-10-8-21(9-11-22)14-16-6-12-24-13-7-16/h2-5,16,18H,6-14,20H2,1H3. The van der Waals surface area contributed by atoms with Crippen molar-refractivity contribution in [3.8, 4) is 0 Å². The molecule has 2 saturated heterocycles. The quantitative estimate of drug-likeness (QED) is 0.910. The van der Waals surface area contributed by atoms with Gasteiger partial charge >= 0.3 is 0 Å². The molecule has 5 nitrogen and oxygen atoms in total. The van der Waals surface area contributed by atoms with Gasteiger partial charge < -0.3 is 15.4 Å². The Labute approximate surface area is 144 Å². The highest BCUT2D eigenvalue weighted by Crippen LogP contribution is 2.19. The van der Waals surface area contributed by atoms with Crippen LogP contribution in [0.15, 0.2) is 24.3 Å². The second kappa shape index (κ2) is 8.10. The van der Waals surface area contributed by atoms with E-state index in [2.05, 4.69) is 4.90 Å². The van der Waals surface area contributed by atoms with Crippen LogP contribution in [0.5, 0.6) is 0 Å². The molecule has 132 valence electrons. The molecule has 0 spiro atoms. The number of ether oxygens (including phenoxy) is 1. The van der Waals surface area contributed by atoms with Crippen LogP contribution in [0.1, 0.15) is 30.0 Å². The Balaban J connectivity index is 1.48. The number of hydrogen-bond acceptors (Lipinski definition) is 4. The van der Waals surface area contributed by atoms with Gasteiger partial charge in [0.15, 0.2) is 0 Å². The Hall–Kier alpha value is -1.43. The summed E-state index contributed by atoms with van der Waals surface area (Å²) in [6, 6.07) is 7.38. The molecule has 24 heavy (non-hydrogen) atoms. The molecule has 1 atom stereocenters. The second-order valence-electron chi connectivity index (χ2n) is 7.07. The molecule has 1 amide bonds. The first-order chi connectivity index (χ1) is 11.6. The van der Waals surface area contributed by atoms with E-state index < -0.39 is 6.04 Å². The molecule has 5 heteroatoms. The van der Waals surface area contributed by atoms with E-state index in [1.807, 2.05) is 36.1 Å². The van der Waals surface area contributed by atoms with E-state index in [9.17, 15) is 4.79 Å². The van der Waals surface area contributed by atoms with Gasteiger partial charge in [-0.05, 0) is 31.2 Å². The van der Waals surface area contributed by atoms with Gasteiger partial charge in [0.05, 0.1) is 0 Å². The number of benzene rings is 1. The van der Waals surface area contributed by atoms with Crippen molar-refractivity contribution >= 4 is 5.91 Å². The number of carbonyl (C=O) groups is 1. The minimum absolute atomic E-state index is 0.0459. The Morgan fingerprint density at radius 1 is 1.17 bits per heavy atom. The molecular formula is C19H29N3O2. The molecule has 0 saturated carbocycles. The first kappa shape index (κ1) is 17.4. The molecule has 2 heterocycles. The number of nitrogens with zero attached hydrogens (tertiary/aromatic N) is 2. The van der Waals surface area contributed by atoms with E-state index in [1.165, 1.54) is 5.56 Å². The van der Waals surface area contributed by atoms with Crippen molar-refractivity contribution in [2.45, 2.75) is 25.8 Å². The van der Waals surface area contributed by atoms with Crippen LogP contribution in [0, 0.1) is 12.8 Å². The van der Waals surface area contributed by atoms with Gasteiger partial charge in [0, 0.05) is 45.9 Å². The monoisotopic (exact) mass is 331 g/mol. The van der Waals surface area contributed by atoms with E-state index in [0.717, 1.165) is 70.3 Å². The van der Waals surface area contributed by atoms with Gasteiger partial charge in [-0.2, -0.15) is 0 Å². The number of carbonyl (C=O) groups excluding carboxylic acids is 1. The zero-order valence-corrected chi connectivity index (χ0v) is 14.6. The predicted octanol–water partition coefficient (Wildman–Crippen LogP) is 1.57. The molecule has 0 bridgehead atoms. The third-order valence-corrected chi connectivity index (χ3v) is 5.24. The molecule has 0 radical (unpaired) electrons. The Morgan fingerprint density at radius 2 is 1.79 bits per heavy atom. The van der Waals surface area contributed by atoms with Gasteiger partial charge in [-0.15, -0.1) is 0 Å². The van der Waals surface area contributed by atoms with Crippen LogP contribution in [0.3, 0.4) is 0 Å². The molecule has 2 N–H and O–H groups in total. The number of amides is 1. The van der Waals surface area contributed by atoms with E-state index >= 15 is 0 Å². The lowest BCUT2D eigenvalue weighted by atomic mass is 9.99. The molecule has 0 aromatic heterocycles. The highest BCUT2D eigenvalue weighted by atomic mass is 16.5. The molecule has 0 aliphatic carbocycles. The van der Waals surface area contributed by atoms with Crippen molar-refractivity contribution in [2.24, 2.45) is 11.7 Å². The second-order valence-corrected chi connectivity index (χ2v) is 7.07. The summed E-state index contributed by atoms with van der Waals surface area (Å²) in [6.45, 7) is 8.42. The molecule has 1 aromatic carbocycles. The number of aryl methyl sites for hydroxylation is 1. The summed E-state index contributed by atoms with van der Waals surface area (Å²) < 4.78 is 5.43. The third kappa shape index (κ3) is 4.35. The van der Waals surface area contributed by atoms with Crippen LogP contribution >= 0.6 is 0 Å². The van der Waals surface area contributed by atoms with E-state index in [0.29, 0.717) is 0 Å². The first-order valence-corrected chi connectivity index (χ1v) is 9.04. The molecule has 1 unspecified atom stereocenters. The first-order valence-electron chi connectivity index (χ1n) is 9.04. The van der Waals surface area contributed by atoms with Gasteiger partial charge in [0.2, 0.25) is 5.91 Å². The van der Waals surface area contributed by atoms with Gasteiger partial charge in [0.1, 0.15) is 6.04 Å². The third-order valence-electron chi connectivity index (χ3n) is 5.24. The fraction of sp³-hybridized carbons (Fsp3) is 0.632. The maximum atomic E-state index is 12.6. The Bertz CT molecular complexity index is 532. The molecule has 1 aromatic rings. The summed E-state index contributed by atoms with van der Waals surface area (Å²) in [5, 5.41) is 0. The van der Waals surface area contributed by atoms with E-state index in [-0.39, 0.29) is 5.91 Å². The van der Waals surface area contributed by atoms with Crippen LogP contribution in [0.25, 0.3) is 0 Å². The summed E-state index contributed by atoms with van der Waals surface area (Å²) in [5.41, 5.74) is 8.26. The van der Waals surface area contributed by atoms with Crippen molar-refractivity contribution in [1.82, 2.24) is 9.80 Å². The van der Waals surface area contributed by atoms with Gasteiger partial charge in [0.25, 0.3) is 0 Å². The van der Waals surface area contributed by atoms with E-state index in [4.69, 9.17) is 10.5 Å². The topological polar surface area (TPSA) is 58.8 Å². The van der Waals surface area contributed by atoms with Crippen molar-refractivity contribution in [1.29, 1.82) is 0 Å². The fourth-order valence-corrected chi connectivity index (χ4v) is 3.56. The summed E-state index contributed by atoms with van der Waals surface area (Å²) in [4.78, 5) is 17.1. The molecule has 3 rings (SSSR count). The van der Waals surface area contributed by atoms with Crippen molar-refractivity contribution in [3.05, 3.63) is 35.4 Å². The smallest absolute Gasteiger partial charge is 0.244 e. The zero-order chi connectivity index (χ0) is 16.9. The summed E-state index contributed by atoms with van der Waals surface area (Å²) in [7, 11) is 0.